The van der Waals surface area contributed by atoms with E-state index in [-0.39, 0.29) is 11.7 Å². The van der Waals surface area contributed by atoms with E-state index in [1.165, 1.54) is 23.5 Å². The second-order valence-electron chi connectivity index (χ2n) is 5.56. The molecule has 2 aromatic heterocycles. The highest BCUT2D eigenvalue weighted by Gasteiger charge is 2.17. The van der Waals surface area contributed by atoms with E-state index in [4.69, 9.17) is 4.42 Å². The molecule has 0 aliphatic carbocycles. The van der Waals surface area contributed by atoms with E-state index < -0.39 is 0 Å². The number of hydrogen-bond acceptors (Lipinski definition) is 4. The van der Waals surface area contributed by atoms with Crippen molar-refractivity contribution in [1.82, 2.24) is 10.3 Å². The third-order valence-corrected chi connectivity index (χ3v) is 4.88. The van der Waals surface area contributed by atoms with Gasteiger partial charge in [-0.1, -0.05) is 0 Å². The number of nitrogens with one attached hydrogen (secondary N) is 1. The second kappa shape index (κ2) is 6.57. The fraction of sp³-hybridized carbons (Fsp3) is 0.222. The van der Waals surface area contributed by atoms with Gasteiger partial charge in [0.1, 0.15) is 27.2 Å². The zero-order chi connectivity index (χ0) is 17.3. The molecule has 0 saturated heterocycles. The Morgan fingerprint density at radius 2 is 1.96 bits per heavy atom. The lowest BCUT2D eigenvalue weighted by Crippen LogP contribution is -2.22. The van der Waals surface area contributed by atoms with Crippen LogP contribution in [0.2, 0.25) is 0 Å². The molecule has 6 heteroatoms. The summed E-state index contributed by atoms with van der Waals surface area (Å²) >= 11 is 1.30. The standard InChI is InChI=1S/C18H17FN2O2S/c1-10-8-14(12(3)23-10)9-20-17(22)16-11(2)21-18(24-16)13-4-6-15(19)7-5-13/h4-8H,9H2,1-3H3,(H,20,22). The second-order valence-corrected chi connectivity index (χ2v) is 6.56. The molecule has 0 saturated carbocycles. The molecule has 0 unspecified atom stereocenters. The van der Waals surface area contributed by atoms with Crippen molar-refractivity contribution in [2.45, 2.75) is 27.3 Å². The number of halogens is 1. The Kier molecular flexibility index (Phi) is 4.49. The first kappa shape index (κ1) is 16.4. The first-order valence-corrected chi connectivity index (χ1v) is 8.33. The summed E-state index contributed by atoms with van der Waals surface area (Å²) in [5.41, 5.74) is 2.42. The topological polar surface area (TPSA) is 55.1 Å². The van der Waals surface area contributed by atoms with Crippen LogP contribution in [-0.4, -0.2) is 10.9 Å². The van der Waals surface area contributed by atoms with Crippen LogP contribution in [0.3, 0.4) is 0 Å². The summed E-state index contributed by atoms with van der Waals surface area (Å²) in [6, 6.07) is 8.00. The number of furan rings is 1. The number of benzene rings is 1. The Morgan fingerprint density at radius 3 is 2.58 bits per heavy atom. The molecule has 0 atom stereocenters. The summed E-state index contributed by atoms with van der Waals surface area (Å²) in [5.74, 6) is 1.16. The Labute approximate surface area is 143 Å². The molecule has 3 rings (SSSR count). The van der Waals surface area contributed by atoms with E-state index >= 15 is 0 Å². The number of carbonyl (C=O) groups excluding carboxylic acids is 1. The highest BCUT2D eigenvalue weighted by Crippen LogP contribution is 2.28. The lowest BCUT2D eigenvalue weighted by atomic mass is 10.2. The van der Waals surface area contributed by atoms with Crippen molar-refractivity contribution in [3.8, 4) is 10.6 Å². The molecule has 124 valence electrons. The van der Waals surface area contributed by atoms with Crippen LogP contribution >= 0.6 is 11.3 Å². The minimum atomic E-state index is -0.296. The molecule has 1 N–H and O–H groups in total. The van der Waals surface area contributed by atoms with Crippen molar-refractivity contribution in [2.24, 2.45) is 0 Å². The normalized spacial score (nSPS) is 10.8. The largest absolute Gasteiger partial charge is 0.466 e. The maximum atomic E-state index is 13.0. The maximum Gasteiger partial charge on any atom is 0.263 e. The van der Waals surface area contributed by atoms with Crippen LogP contribution in [0.1, 0.15) is 32.4 Å². The highest BCUT2D eigenvalue weighted by molar-refractivity contribution is 7.17. The Morgan fingerprint density at radius 1 is 1.25 bits per heavy atom. The zero-order valence-electron chi connectivity index (χ0n) is 13.6. The van der Waals surface area contributed by atoms with E-state index in [9.17, 15) is 9.18 Å². The van der Waals surface area contributed by atoms with Crippen LogP contribution < -0.4 is 5.32 Å². The van der Waals surface area contributed by atoms with E-state index in [1.54, 1.807) is 19.1 Å². The quantitative estimate of drug-likeness (QED) is 0.763. The minimum absolute atomic E-state index is 0.170. The van der Waals surface area contributed by atoms with Gasteiger partial charge < -0.3 is 9.73 Å². The molecule has 1 amide bonds. The molecule has 3 aromatic rings. The summed E-state index contributed by atoms with van der Waals surface area (Å²) in [5, 5.41) is 3.60. The molecule has 0 aliphatic rings. The molecule has 0 bridgehead atoms. The number of nitrogens with zero attached hydrogens (tertiary/aromatic N) is 1. The van der Waals surface area contributed by atoms with Crippen LogP contribution in [-0.2, 0) is 6.54 Å². The van der Waals surface area contributed by atoms with Crippen molar-refractivity contribution < 1.29 is 13.6 Å². The molecule has 0 fully saturated rings. The molecule has 1 aromatic carbocycles. The average Bonchev–Trinajstić information content (AvgIpc) is 3.08. The van der Waals surface area contributed by atoms with Gasteiger partial charge >= 0.3 is 0 Å². The van der Waals surface area contributed by atoms with Gasteiger partial charge in [0.05, 0.1) is 5.69 Å². The fourth-order valence-electron chi connectivity index (χ4n) is 2.44. The number of thiazole rings is 1. The predicted octanol–water partition coefficient (Wildman–Crippen LogP) is 4.40. The summed E-state index contributed by atoms with van der Waals surface area (Å²) < 4.78 is 18.5. The monoisotopic (exact) mass is 344 g/mol. The molecule has 0 spiro atoms. The molecule has 4 nitrogen and oxygen atoms in total. The Bertz CT molecular complexity index is 881. The van der Waals surface area contributed by atoms with E-state index in [0.717, 1.165) is 22.6 Å². The van der Waals surface area contributed by atoms with Crippen molar-refractivity contribution >= 4 is 17.2 Å². The summed E-state index contributed by atoms with van der Waals surface area (Å²) in [7, 11) is 0. The number of amides is 1. The van der Waals surface area contributed by atoms with E-state index in [1.807, 2.05) is 19.9 Å². The van der Waals surface area contributed by atoms with Crippen molar-refractivity contribution in [3.05, 3.63) is 63.8 Å². The third-order valence-electron chi connectivity index (χ3n) is 3.68. The van der Waals surface area contributed by atoms with Gasteiger partial charge in [-0.2, -0.15) is 0 Å². The number of carbonyl (C=O) groups is 1. The number of hydrogen-bond donors (Lipinski definition) is 1. The average molecular weight is 344 g/mol. The summed E-state index contributed by atoms with van der Waals surface area (Å²) in [6.07, 6.45) is 0. The van der Waals surface area contributed by atoms with E-state index in [0.29, 0.717) is 22.1 Å². The molecular formula is C18H17FN2O2S. The lowest BCUT2D eigenvalue weighted by molar-refractivity contribution is 0.0954. The summed E-state index contributed by atoms with van der Waals surface area (Å²) in [4.78, 5) is 17.4. The van der Waals surface area contributed by atoms with Crippen LogP contribution in [0.4, 0.5) is 4.39 Å². The van der Waals surface area contributed by atoms with Crippen LogP contribution in [0.5, 0.6) is 0 Å². The Hall–Kier alpha value is -2.47. The minimum Gasteiger partial charge on any atom is -0.466 e. The van der Waals surface area contributed by atoms with Gasteiger partial charge in [0.25, 0.3) is 5.91 Å². The van der Waals surface area contributed by atoms with Gasteiger partial charge in [-0.3, -0.25) is 4.79 Å². The van der Waals surface area contributed by atoms with Gasteiger partial charge in [-0.15, -0.1) is 11.3 Å². The van der Waals surface area contributed by atoms with Gasteiger partial charge in [-0.05, 0) is 51.1 Å². The molecule has 0 radical (unpaired) electrons. The van der Waals surface area contributed by atoms with Crippen LogP contribution in [0, 0.1) is 26.6 Å². The van der Waals surface area contributed by atoms with Crippen LogP contribution in [0.25, 0.3) is 10.6 Å². The van der Waals surface area contributed by atoms with Crippen molar-refractivity contribution in [1.29, 1.82) is 0 Å². The smallest absolute Gasteiger partial charge is 0.263 e. The zero-order valence-corrected chi connectivity index (χ0v) is 14.5. The first-order chi connectivity index (χ1) is 11.4. The van der Waals surface area contributed by atoms with Gasteiger partial charge in [-0.25, -0.2) is 9.37 Å². The summed E-state index contributed by atoms with van der Waals surface area (Å²) in [6.45, 7) is 5.95. The maximum absolute atomic E-state index is 13.0. The SMILES string of the molecule is Cc1cc(CNC(=O)c2sc(-c3ccc(F)cc3)nc2C)c(C)o1. The van der Waals surface area contributed by atoms with Gasteiger partial charge in [0.2, 0.25) is 0 Å². The lowest BCUT2D eigenvalue weighted by Gasteiger charge is -2.02. The van der Waals surface area contributed by atoms with Gasteiger partial charge in [0.15, 0.2) is 0 Å². The molecule has 24 heavy (non-hydrogen) atoms. The molecule has 2 heterocycles. The first-order valence-electron chi connectivity index (χ1n) is 7.51. The molecular weight excluding hydrogens is 327 g/mol. The number of rotatable bonds is 4. The van der Waals surface area contributed by atoms with Crippen molar-refractivity contribution in [3.63, 3.8) is 0 Å². The highest BCUT2D eigenvalue weighted by atomic mass is 32.1. The van der Waals surface area contributed by atoms with Crippen LogP contribution in [0.15, 0.2) is 34.7 Å². The predicted molar refractivity (Wildman–Crippen MR) is 91.6 cm³/mol. The van der Waals surface area contributed by atoms with Crippen molar-refractivity contribution in [2.75, 3.05) is 0 Å². The number of aryl methyl sites for hydroxylation is 3. The third kappa shape index (κ3) is 3.38. The Balaban J connectivity index is 1.75. The van der Waals surface area contributed by atoms with E-state index in [2.05, 4.69) is 10.3 Å². The number of aromatic nitrogens is 1. The molecule has 0 aliphatic heterocycles. The van der Waals surface area contributed by atoms with Gasteiger partial charge in [0, 0.05) is 17.7 Å². The fourth-order valence-corrected chi connectivity index (χ4v) is 3.43.